The highest BCUT2D eigenvalue weighted by atomic mass is 35.5. The van der Waals surface area contributed by atoms with E-state index >= 15 is 0 Å². The molecule has 3 amide bonds. The Labute approximate surface area is 209 Å². The Hall–Kier alpha value is -2.15. The third-order valence-corrected chi connectivity index (χ3v) is 6.25. The summed E-state index contributed by atoms with van der Waals surface area (Å²) in [5.74, 6) is -0.111. The lowest BCUT2D eigenvalue weighted by atomic mass is 9.93. The summed E-state index contributed by atoms with van der Waals surface area (Å²) in [5.41, 5.74) is 0.955. The second-order valence-corrected chi connectivity index (χ2v) is 10.5. The molecular formula is C24H28Cl3N3O3. The van der Waals surface area contributed by atoms with Crippen LogP contribution in [0.5, 0.6) is 0 Å². The summed E-state index contributed by atoms with van der Waals surface area (Å²) in [7, 11) is 3.40. The van der Waals surface area contributed by atoms with Gasteiger partial charge in [-0.05, 0) is 56.7 Å². The summed E-state index contributed by atoms with van der Waals surface area (Å²) in [6.07, 6.45) is -0.403. The number of carbonyl (C=O) groups excluding carboxylic acids is 2. The van der Waals surface area contributed by atoms with Crippen molar-refractivity contribution in [2.75, 3.05) is 32.1 Å². The number of carbonyl (C=O) groups is 2. The van der Waals surface area contributed by atoms with E-state index in [2.05, 4.69) is 0 Å². The van der Waals surface area contributed by atoms with Gasteiger partial charge in [0.2, 0.25) is 0 Å². The molecule has 1 fully saturated rings. The average Bonchev–Trinajstić information content (AvgIpc) is 3.16. The zero-order chi connectivity index (χ0) is 24.5. The number of amides is 3. The first-order chi connectivity index (χ1) is 15.4. The Kier molecular flexibility index (Phi) is 7.72. The molecule has 0 aromatic heterocycles. The smallest absolute Gasteiger partial charge is 0.410 e. The van der Waals surface area contributed by atoms with Crippen molar-refractivity contribution in [3.63, 3.8) is 0 Å². The van der Waals surface area contributed by atoms with Crippen LogP contribution in [0.25, 0.3) is 0 Å². The second kappa shape index (κ2) is 10.00. The van der Waals surface area contributed by atoms with Crippen molar-refractivity contribution < 1.29 is 14.3 Å². The summed E-state index contributed by atoms with van der Waals surface area (Å²) in [5, 5.41) is 1.51. The molecule has 33 heavy (non-hydrogen) atoms. The molecule has 0 spiro atoms. The molecule has 0 N–H and O–H groups in total. The molecule has 1 aliphatic rings. The van der Waals surface area contributed by atoms with Gasteiger partial charge in [0.1, 0.15) is 5.60 Å². The Morgan fingerprint density at radius 2 is 1.52 bits per heavy atom. The highest BCUT2D eigenvalue weighted by molar-refractivity contribution is 6.35. The summed E-state index contributed by atoms with van der Waals surface area (Å²) in [4.78, 5) is 31.0. The van der Waals surface area contributed by atoms with Crippen LogP contribution < -0.4 is 4.90 Å². The highest BCUT2D eigenvalue weighted by Crippen LogP contribution is 2.33. The Morgan fingerprint density at radius 3 is 2.06 bits per heavy atom. The van der Waals surface area contributed by atoms with Gasteiger partial charge in [-0.15, -0.1) is 0 Å². The zero-order valence-electron chi connectivity index (χ0n) is 19.3. The first-order valence-corrected chi connectivity index (χ1v) is 11.7. The van der Waals surface area contributed by atoms with E-state index < -0.39 is 11.7 Å². The number of anilines is 1. The number of nitrogens with zero attached hydrogens (tertiary/aromatic N) is 3. The van der Waals surface area contributed by atoms with Gasteiger partial charge in [-0.1, -0.05) is 46.9 Å². The number of urea groups is 1. The number of likely N-dealkylation sites (N-methyl/N-ethyl adjacent to an activating group) is 1. The largest absolute Gasteiger partial charge is 0.444 e. The van der Waals surface area contributed by atoms with Gasteiger partial charge in [-0.25, -0.2) is 9.59 Å². The van der Waals surface area contributed by atoms with Crippen LogP contribution in [0.1, 0.15) is 32.3 Å². The molecule has 0 saturated carbocycles. The van der Waals surface area contributed by atoms with Crippen LogP contribution in [-0.4, -0.2) is 60.8 Å². The molecule has 0 unspecified atom stereocenters. The maximum Gasteiger partial charge on any atom is 0.410 e. The maximum absolute atomic E-state index is 13.4. The molecule has 2 aromatic rings. The normalized spacial score (nSPS) is 18.2. The molecular weight excluding hydrogens is 485 g/mol. The second-order valence-electron chi connectivity index (χ2n) is 9.19. The summed E-state index contributed by atoms with van der Waals surface area (Å²) in [6, 6.07) is 11.9. The van der Waals surface area contributed by atoms with E-state index in [9.17, 15) is 9.59 Å². The van der Waals surface area contributed by atoms with E-state index in [1.165, 1.54) is 4.90 Å². The fourth-order valence-corrected chi connectivity index (χ4v) is 4.55. The Morgan fingerprint density at radius 1 is 0.939 bits per heavy atom. The predicted molar refractivity (Wildman–Crippen MR) is 134 cm³/mol. The molecule has 178 valence electrons. The molecule has 0 radical (unpaired) electrons. The molecule has 0 bridgehead atoms. The van der Waals surface area contributed by atoms with Crippen LogP contribution in [0.3, 0.4) is 0 Å². The third kappa shape index (κ3) is 6.25. The van der Waals surface area contributed by atoms with Crippen molar-refractivity contribution >= 4 is 52.6 Å². The van der Waals surface area contributed by atoms with Gasteiger partial charge in [-0.3, -0.25) is 4.90 Å². The first kappa shape index (κ1) is 25.5. The SMILES string of the molecule is CN(C(=O)N(C)[C@@H]1CN(C(=O)OC(C)(C)C)C[C@H]1c1ccc(Cl)cc1)c1cc(Cl)cc(Cl)c1. The zero-order valence-corrected chi connectivity index (χ0v) is 21.6. The van der Waals surface area contributed by atoms with Crippen molar-refractivity contribution in [1.82, 2.24) is 9.80 Å². The topological polar surface area (TPSA) is 53.1 Å². The number of likely N-dealkylation sites (tertiary alicyclic amines) is 1. The van der Waals surface area contributed by atoms with E-state index in [-0.39, 0.29) is 18.0 Å². The van der Waals surface area contributed by atoms with E-state index in [0.717, 1.165) is 5.56 Å². The molecule has 9 heteroatoms. The van der Waals surface area contributed by atoms with Crippen LogP contribution in [0, 0.1) is 0 Å². The quantitative estimate of drug-likeness (QED) is 0.469. The van der Waals surface area contributed by atoms with Gasteiger partial charge in [0.25, 0.3) is 0 Å². The molecule has 3 rings (SSSR count). The lowest BCUT2D eigenvalue weighted by molar-refractivity contribution is 0.0284. The summed E-state index contributed by atoms with van der Waals surface area (Å²) >= 11 is 18.3. The van der Waals surface area contributed by atoms with Crippen LogP contribution in [0.2, 0.25) is 15.1 Å². The minimum atomic E-state index is -0.612. The number of hydrogen-bond donors (Lipinski definition) is 0. The Bertz CT molecular complexity index is 1000. The molecule has 2 atom stereocenters. The van der Waals surface area contributed by atoms with Gasteiger partial charge in [0, 0.05) is 53.9 Å². The summed E-state index contributed by atoms with van der Waals surface area (Å²) < 4.78 is 5.58. The maximum atomic E-state index is 13.4. The van der Waals surface area contributed by atoms with E-state index in [0.29, 0.717) is 33.8 Å². The molecule has 2 aromatic carbocycles. The third-order valence-electron chi connectivity index (χ3n) is 5.56. The summed E-state index contributed by atoms with van der Waals surface area (Å²) in [6.45, 7) is 6.25. The van der Waals surface area contributed by atoms with Crippen LogP contribution in [0.15, 0.2) is 42.5 Å². The van der Waals surface area contributed by atoms with Crippen LogP contribution in [0.4, 0.5) is 15.3 Å². The monoisotopic (exact) mass is 511 g/mol. The average molecular weight is 513 g/mol. The van der Waals surface area contributed by atoms with Gasteiger partial charge in [0.05, 0.1) is 6.04 Å². The van der Waals surface area contributed by atoms with Gasteiger partial charge in [-0.2, -0.15) is 0 Å². The molecule has 1 heterocycles. The van der Waals surface area contributed by atoms with Crippen molar-refractivity contribution in [3.8, 4) is 0 Å². The predicted octanol–water partition coefficient (Wildman–Crippen LogP) is 6.54. The van der Waals surface area contributed by atoms with Gasteiger partial charge in [0.15, 0.2) is 0 Å². The fourth-order valence-electron chi connectivity index (χ4n) is 3.91. The van der Waals surface area contributed by atoms with Crippen LogP contribution in [-0.2, 0) is 4.74 Å². The number of ether oxygens (including phenoxy) is 1. The highest BCUT2D eigenvalue weighted by Gasteiger charge is 2.42. The van der Waals surface area contributed by atoms with Crippen molar-refractivity contribution in [2.45, 2.75) is 38.3 Å². The lowest BCUT2D eigenvalue weighted by Gasteiger charge is -2.32. The van der Waals surface area contributed by atoms with Crippen molar-refractivity contribution in [2.24, 2.45) is 0 Å². The molecule has 1 saturated heterocycles. The van der Waals surface area contributed by atoms with Crippen molar-refractivity contribution in [3.05, 3.63) is 63.1 Å². The van der Waals surface area contributed by atoms with Gasteiger partial charge < -0.3 is 14.5 Å². The minimum Gasteiger partial charge on any atom is -0.444 e. The number of hydrogen-bond acceptors (Lipinski definition) is 3. The standard InChI is InChI=1S/C24H28Cl3N3O3/c1-24(2,3)33-23(32)30-13-20(15-6-8-16(25)9-7-15)21(14-30)29(5)22(31)28(4)19-11-17(26)10-18(27)12-19/h6-12,20-21H,13-14H2,1-5H3/t20-,21+/m0/s1. The minimum absolute atomic E-state index is 0.111. The van der Waals surface area contributed by atoms with E-state index in [1.54, 1.807) is 42.1 Å². The number of rotatable bonds is 3. The number of halogens is 3. The van der Waals surface area contributed by atoms with E-state index in [1.807, 2.05) is 45.0 Å². The van der Waals surface area contributed by atoms with Crippen molar-refractivity contribution in [1.29, 1.82) is 0 Å². The molecule has 6 nitrogen and oxygen atoms in total. The van der Waals surface area contributed by atoms with Gasteiger partial charge >= 0.3 is 12.1 Å². The lowest BCUT2D eigenvalue weighted by Crippen LogP contribution is -2.47. The Balaban J connectivity index is 1.87. The van der Waals surface area contributed by atoms with Crippen LogP contribution >= 0.6 is 34.8 Å². The molecule has 1 aliphatic heterocycles. The fraction of sp³-hybridized carbons (Fsp3) is 0.417. The van der Waals surface area contributed by atoms with E-state index in [4.69, 9.17) is 39.5 Å². The number of benzene rings is 2. The first-order valence-electron chi connectivity index (χ1n) is 10.6. The molecule has 0 aliphatic carbocycles.